The SMILES string of the molecule is C/C=C\C.C=C(C)C.CC.Cc1ccc(-c2ccc(-c3ccccc3)cc2)cc1.Cc1ccccc1. The van der Waals surface area contributed by atoms with E-state index >= 15 is 0 Å². The highest BCUT2D eigenvalue weighted by molar-refractivity contribution is 5.70. The van der Waals surface area contributed by atoms with E-state index in [-0.39, 0.29) is 0 Å². The summed E-state index contributed by atoms with van der Waals surface area (Å²) in [6.07, 6.45) is 4.00. The van der Waals surface area contributed by atoms with Crippen LogP contribution in [0.5, 0.6) is 0 Å². The summed E-state index contributed by atoms with van der Waals surface area (Å²) in [5, 5.41) is 0. The monoisotopic (exact) mass is 478 g/mol. The van der Waals surface area contributed by atoms with Crippen LogP contribution >= 0.6 is 0 Å². The van der Waals surface area contributed by atoms with E-state index in [1.165, 1.54) is 39.0 Å². The maximum atomic E-state index is 3.56. The maximum Gasteiger partial charge on any atom is -0.0184 e. The number of hydrogen-bond acceptors (Lipinski definition) is 0. The summed E-state index contributed by atoms with van der Waals surface area (Å²) in [4.78, 5) is 0. The predicted octanol–water partition coefficient (Wildman–Crippen LogP) is 11.5. The fourth-order valence-corrected chi connectivity index (χ4v) is 2.77. The van der Waals surface area contributed by atoms with Gasteiger partial charge in [-0.1, -0.05) is 152 Å². The van der Waals surface area contributed by atoms with Gasteiger partial charge in [0.1, 0.15) is 0 Å². The molecule has 0 aliphatic heterocycles. The minimum atomic E-state index is 1.17. The van der Waals surface area contributed by atoms with Gasteiger partial charge in [-0.05, 0) is 63.8 Å². The number of hydrogen-bond donors (Lipinski definition) is 0. The van der Waals surface area contributed by atoms with Gasteiger partial charge >= 0.3 is 0 Å². The first-order chi connectivity index (χ1) is 17.4. The van der Waals surface area contributed by atoms with E-state index in [1.807, 2.05) is 78.0 Å². The molecule has 0 fully saturated rings. The Morgan fingerprint density at radius 1 is 0.472 bits per heavy atom. The summed E-state index contributed by atoms with van der Waals surface area (Å²) in [5.74, 6) is 0. The van der Waals surface area contributed by atoms with Gasteiger partial charge in [0.15, 0.2) is 0 Å². The van der Waals surface area contributed by atoms with E-state index in [0.29, 0.717) is 0 Å². The van der Waals surface area contributed by atoms with Gasteiger partial charge < -0.3 is 0 Å². The molecule has 0 saturated heterocycles. The lowest BCUT2D eigenvalue weighted by atomic mass is 10.00. The molecule has 0 bridgehead atoms. The van der Waals surface area contributed by atoms with Crippen LogP contribution in [-0.4, -0.2) is 0 Å². The predicted molar refractivity (Wildman–Crippen MR) is 166 cm³/mol. The van der Waals surface area contributed by atoms with Crippen LogP contribution in [0, 0.1) is 13.8 Å². The Hall–Kier alpha value is -3.64. The molecule has 0 aromatic heterocycles. The Balaban J connectivity index is 0.000000593. The molecule has 0 amide bonds. The third kappa shape index (κ3) is 15.3. The molecule has 0 heterocycles. The van der Waals surface area contributed by atoms with Crippen molar-refractivity contribution in [2.45, 2.75) is 55.4 Å². The zero-order chi connectivity index (χ0) is 27.2. The third-order valence-electron chi connectivity index (χ3n) is 4.65. The van der Waals surface area contributed by atoms with Crippen LogP contribution in [-0.2, 0) is 0 Å². The van der Waals surface area contributed by atoms with Crippen LogP contribution < -0.4 is 0 Å². The van der Waals surface area contributed by atoms with Crippen molar-refractivity contribution in [2.75, 3.05) is 0 Å². The minimum absolute atomic E-state index is 1.17. The lowest BCUT2D eigenvalue weighted by Gasteiger charge is -2.05. The Labute approximate surface area is 222 Å². The molecule has 0 saturated carbocycles. The lowest BCUT2D eigenvalue weighted by Crippen LogP contribution is -1.80. The van der Waals surface area contributed by atoms with Gasteiger partial charge in [-0.25, -0.2) is 0 Å². The van der Waals surface area contributed by atoms with Crippen molar-refractivity contribution in [3.8, 4) is 22.3 Å². The third-order valence-corrected chi connectivity index (χ3v) is 4.65. The van der Waals surface area contributed by atoms with Crippen LogP contribution in [0.3, 0.4) is 0 Å². The highest BCUT2D eigenvalue weighted by Gasteiger charge is 1.99. The highest BCUT2D eigenvalue weighted by atomic mass is 14.0. The Morgan fingerprint density at radius 3 is 1.00 bits per heavy atom. The van der Waals surface area contributed by atoms with Crippen LogP contribution in [0.15, 0.2) is 133 Å². The molecule has 4 rings (SSSR count). The molecule has 36 heavy (non-hydrogen) atoms. The maximum absolute atomic E-state index is 3.56. The highest BCUT2D eigenvalue weighted by Crippen LogP contribution is 2.24. The Bertz CT molecular complexity index is 1060. The van der Waals surface area contributed by atoms with Gasteiger partial charge in [-0.2, -0.15) is 0 Å². The molecule has 0 nitrogen and oxygen atoms in total. The van der Waals surface area contributed by atoms with Crippen molar-refractivity contribution >= 4 is 0 Å². The first-order valence-electron chi connectivity index (χ1n) is 12.8. The summed E-state index contributed by atoms with van der Waals surface area (Å²) in [5.41, 5.74) is 8.84. The topological polar surface area (TPSA) is 0 Å². The molecular weight excluding hydrogens is 432 g/mol. The molecule has 0 atom stereocenters. The Morgan fingerprint density at radius 2 is 0.722 bits per heavy atom. The lowest BCUT2D eigenvalue weighted by molar-refractivity contribution is 1.42. The fraction of sp³-hybridized carbons (Fsp3) is 0.222. The quantitative estimate of drug-likeness (QED) is 0.251. The molecule has 0 aliphatic rings. The van der Waals surface area contributed by atoms with Gasteiger partial charge in [0.05, 0.1) is 0 Å². The molecule has 0 heteroatoms. The molecule has 0 unspecified atom stereocenters. The fourth-order valence-electron chi connectivity index (χ4n) is 2.77. The van der Waals surface area contributed by atoms with E-state index in [4.69, 9.17) is 0 Å². The van der Waals surface area contributed by atoms with Gasteiger partial charge in [0.2, 0.25) is 0 Å². The van der Waals surface area contributed by atoms with Crippen molar-refractivity contribution in [3.05, 3.63) is 145 Å². The molecule has 4 aromatic rings. The van der Waals surface area contributed by atoms with Crippen molar-refractivity contribution in [1.29, 1.82) is 0 Å². The van der Waals surface area contributed by atoms with E-state index in [2.05, 4.69) is 105 Å². The number of allylic oxidation sites excluding steroid dienone is 3. The van der Waals surface area contributed by atoms with Crippen LogP contribution in [0.1, 0.15) is 52.7 Å². The van der Waals surface area contributed by atoms with Crippen molar-refractivity contribution < 1.29 is 0 Å². The number of benzene rings is 4. The van der Waals surface area contributed by atoms with Gasteiger partial charge in [-0.15, -0.1) is 6.58 Å². The second-order valence-electron chi connectivity index (χ2n) is 8.34. The van der Waals surface area contributed by atoms with E-state index in [1.54, 1.807) is 0 Å². The van der Waals surface area contributed by atoms with Crippen molar-refractivity contribution in [3.63, 3.8) is 0 Å². The normalized spacial score (nSPS) is 9.11. The number of aryl methyl sites for hydroxylation is 2. The molecule has 0 aliphatic carbocycles. The summed E-state index contributed by atoms with van der Waals surface area (Å²) >= 11 is 0. The van der Waals surface area contributed by atoms with Gasteiger partial charge in [0.25, 0.3) is 0 Å². The smallest absolute Gasteiger partial charge is 0.0184 e. The largest absolute Gasteiger partial charge is 0.100 e. The Kier molecular flexibility index (Phi) is 18.6. The molecule has 0 radical (unpaired) electrons. The van der Waals surface area contributed by atoms with Crippen LogP contribution in [0.4, 0.5) is 0 Å². The summed E-state index contributed by atoms with van der Waals surface area (Å²) < 4.78 is 0. The summed E-state index contributed by atoms with van der Waals surface area (Å²) in [6.45, 7) is 19.7. The molecule has 0 N–H and O–H groups in total. The summed E-state index contributed by atoms with van der Waals surface area (Å²) in [7, 11) is 0. The second-order valence-corrected chi connectivity index (χ2v) is 8.34. The zero-order valence-electron chi connectivity index (χ0n) is 23.8. The molecule has 0 spiro atoms. The van der Waals surface area contributed by atoms with E-state index in [9.17, 15) is 0 Å². The number of rotatable bonds is 2. The van der Waals surface area contributed by atoms with Crippen molar-refractivity contribution in [2.24, 2.45) is 0 Å². The van der Waals surface area contributed by atoms with Crippen LogP contribution in [0.25, 0.3) is 22.3 Å². The molecule has 190 valence electrons. The first kappa shape index (κ1) is 32.4. The second kappa shape index (κ2) is 20.7. The van der Waals surface area contributed by atoms with E-state index < -0.39 is 0 Å². The minimum Gasteiger partial charge on any atom is -0.100 e. The first-order valence-corrected chi connectivity index (χ1v) is 12.8. The van der Waals surface area contributed by atoms with E-state index in [0.717, 1.165) is 0 Å². The molecular formula is C36H46. The molecule has 4 aromatic carbocycles. The van der Waals surface area contributed by atoms with Crippen LogP contribution in [0.2, 0.25) is 0 Å². The summed E-state index contributed by atoms with van der Waals surface area (Å²) in [6, 6.07) is 38.1. The zero-order valence-corrected chi connectivity index (χ0v) is 23.8. The van der Waals surface area contributed by atoms with Crippen molar-refractivity contribution in [1.82, 2.24) is 0 Å². The average Bonchev–Trinajstić information content (AvgIpc) is 2.92. The van der Waals surface area contributed by atoms with Gasteiger partial charge in [0, 0.05) is 0 Å². The average molecular weight is 479 g/mol. The standard InChI is InChI=1S/C19H16.C7H8.2C4H8.C2H6/c1-15-7-9-17(10-8-15)19-13-11-18(12-14-19)16-5-3-2-4-6-16;1-7-5-3-2-4-6-7;1-4(2)3;1-3-4-2;1-2/h2-14H,1H3;2-6H,1H3;1H2,2-3H3;3-4H,1-2H3;1-2H3/b;;;4-3-;. The van der Waals surface area contributed by atoms with Gasteiger partial charge in [-0.3, -0.25) is 0 Å².